The van der Waals surface area contributed by atoms with Gasteiger partial charge in [0.1, 0.15) is 19.0 Å². The number of hydrogen-bond acceptors (Lipinski definition) is 9. The molecule has 11 nitrogen and oxygen atoms in total. The van der Waals surface area contributed by atoms with Gasteiger partial charge in [-0.2, -0.15) is 0 Å². The van der Waals surface area contributed by atoms with Crippen molar-refractivity contribution in [3.8, 4) is 5.75 Å². The number of amides is 2. The highest BCUT2D eigenvalue weighted by Gasteiger charge is 2.48. The summed E-state index contributed by atoms with van der Waals surface area (Å²) in [7, 11) is -2.45. The Morgan fingerprint density at radius 3 is 2.54 bits per heavy atom. The van der Waals surface area contributed by atoms with E-state index in [0.29, 0.717) is 82.5 Å². The Hall–Kier alpha value is -2.90. The third-order valence-electron chi connectivity index (χ3n) is 12.1. The number of sulfonamides is 1. The van der Waals surface area contributed by atoms with E-state index >= 15 is 0 Å². The van der Waals surface area contributed by atoms with Crippen LogP contribution < -0.4 is 14.4 Å². The van der Waals surface area contributed by atoms with Gasteiger partial charge in [-0.25, -0.2) is 13.1 Å². The highest BCUT2D eigenvalue weighted by Crippen LogP contribution is 2.46. The molecule has 0 radical (unpaired) electrons. The highest BCUT2D eigenvalue weighted by molar-refractivity contribution is 7.90. The molecule has 5 atom stereocenters. The van der Waals surface area contributed by atoms with Gasteiger partial charge in [0, 0.05) is 63.5 Å². The van der Waals surface area contributed by atoms with Crippen LogP contribution in [0.3, 0.4) is 0 Å². The molecule has 6 rings (SSSR count). The quantitative estimate of drug-likeness (QED) is 0.449. The average molecular weight is 759 g/mol. The number of nitrogens with zero attached hydrogens (tertiary/aromatic N) is 3. The van der Waals surface area contributed by atoms with Crippen molar-refractivity contribution in [1.82, 2.24) is 14.5 Å². The van der Waals surface area contributed by atoms with Crippen LogP contribution in [0.25, 0.3) is 0 Å². The van der Waals surface area contributed by atoms with E-state index in [4.69, 9.17) is 21.1 Å². The van der Waals surface area contributed by atoms with Crippen molar-refractivity contribution < 1.29 is 32.6 Å². The Morgan fingerprint density at radius 2 is 1.81 bits per heavy atom. The third-order valence-corrected chi connectivity index (χ3v) is 14.2. The predicted octanol–water partition coefficient (Wildman–Crippen LogP) is 4.88. The molecule has 286 valence electrons. The highest BCUT2D eigenvalue weighted by atomic mass is 35.5. The van der Waals surface area contributed by atoms with Gasteiger partial charge in [-0.1, -0.05) is 31.0 Å². The van der Waals surface area contributed by atoms with Gasteiger partial charge in [0.25, 0.3) is 5.91 Å². The number of hydrogen-bond donors (Lipinski definition) is 2. The molecule has 4 aliphatic rings. The summed E-state index contributed by atoms with van der Waals surface area (Å²) in [5.41, 5.74) is 2.25. The summed E-state index contributed by atoms with van der Waals surface area (Å²) < 4.78 is 40.9. The summed E-state index contributed by atoms with van der Waals surface area (Å²) in [4.78, 5) is 32.4. The Morgan fingerprint density at radius 1 is 1.02 bits per heavy atom. The number of piperazine rings is 1. The standard InChI is InChI=1S/C39H55ClN4O7S/c1-27-7-6-15-39(47,26-42-17-19-43(20-18-42)37(45)25-50-3)34-13-10-31(34)23-44-16-5-4-8-29-21-33(40)12-9-32(29)24-51-36-14-11-30(22-35(36)44)38(46)41-52(48,49)28(27)2/h9,11-12,14,21-22,27-28,31,34,47H,4-8,10,13,15-20,23-26H2,1-3H3,(H,41,46)/t27-,28+,31-,34+,39+/m0/s1. The second kappa shape index (κ2) is 16.6. The van der Waals surface area contributed by atoms with Gasteiger partial charge in [-0.15, -0.1) is 0 Å². The number of nitrogens with one attached hydrogen (secondary N) is 1. The zero-order chi connectivity index (χ0) is 37.0. The molecule has 52 heavy (non-hydrogen) atoms. The normalized spacial score (nSPS) is 29.0. The molecule has 13 heteroatoms. The molecule has 1 saturated carbocycles. The molecule has 1 saturated heterocycles. The number of aliphatic hydroxyl groups is 1. The zero-order valence-electron chi connectivity index (χ0n) is 30.8. The molecule has 0 spiro atoms. The SMILES string of the molecule is COCC(=O)N1CCN(C[C@]2(O)CCC[C@H](C)[C@@H](C)S(=O)(=O)NC(=O)c3ccc4c(c3)N(CCCCc3cc(Cl)ccc3CO4)C[C@@H]3CC[C@H]32)CC1. The van der Waals surface area contributed by atoms with Crippen molar-refractivity contribution in [3.63, 3.8) is 0 Å². The molecule has 2 bridgehead atoms. The number of fused-ring (bicyclic) bond motifs is 3. The van der Waals surface area contributed by atoms with E-state index in [9.17, 15) is 23.1 Å². The Balaban J connectivity index is 1.32. The smallest absolute Gasteiger partial charge is 0.264 e. The van der Waals surface area contributed by atoms with Crippen LogP contribution >= 0.6 is 11.6 Å². The lowest BCUT2D eigenvalue weighted by Gasteiger charge is -2.51. The van der Waals surface area contributed by atoms with Crippen molar-refractivity contribution in [1.29, 1.82) is 0 Å². The predicted molar refractivity (Wildman–Crippen MR) is 202 cm³/mol. The lowest BCUT2D eigenvalue weighted by Crippen LogP contribution is -2.59. The number of carbonyl (C=O) groups excluding carboxylic acids is 2. The molecule has 3 aliphatic heterocycles. The first-order valence-corrected chi connectivity index (χ1v) is 20.9. The number of aryl methyl sites for hydroxylation is 1. The van der Waals surface area contributed by atoms with E-state index in [1.165, 1.54) is 7.11 Å². The maximum absolute atomic E-state index is 13.6. The Labute approximate surface area is 314 Å². The van der Waals surface area contributed by atoms with Crippen LogP contribution in [0, 0.1) is 17.8 Å². The molecule has 2 aromatic carbocycles. The van der Waals surface area contributed by atoms with Gasteiger partial charge in [-0.05, 0) is 111 Å². The molecule has 0 aromatic heterocycles. The Bertz CT molecular complexity index is 1700. The van der Waals surface area contributed by atoms with Crippen molar-refractivity contribution in [2.45, 2.75) is 82.7 Å². The summed E-state index contributed by atoms with van der Waals surface area (Å²) in [5.74, 6) is -0.0185. The molecular weight excluding hydrogens is 704 g/mol. The van der Waals surface area contributed by atoms with Crippen LogP contribution in [-0.4, -0.2) is 106 Å². The monoisotopic (exact) mass is 758 g/mol. The lowest BCUT2D eigenvalue weighted by atomic mass is 9.62. The molecule has 2 aromatic rings. The van der Waals surface area contributed by atoms with Crippen molar-refractivity contribution >= 4 is 39.1 Å². The molecule has 3 heterocycles. The molecule has 0 unspecified atom stereocenters. The number of methoxy groups -OCH3 is 1. The molecule has 2 amide bonds. The summed E-state index contributed by atoms with van der Waals surface area (Å²) in [6, 6.07) is 11.1. The largest absolute Gasteiger partial charge is 0.487 e. The number of carbonyl (C=O) groups is 2. The second-order valence-corrected chi connectivity index (χ2v) is 17.9. The van der Waals surface area contributed by atoms with Crippen molar-refractivity contribution in [2.24, 2.45) is 17.8 Å². The summed E-state index contributed by atoms with van der Waals surface area (Å²) in [6.07, 6.45) is 6.38. The van der Waals surface area contributed by atoms with Gasteiger partial charge >= 0.3 is 0 Å². The summed E-state index contributed by atoms with van der Waals surface area (Å²) in [5, 5.41) is 12.6. The number of anilines is 1. The van der Waals surface area contributed by atoms with Crippen LogP contribution in [-0.2, 0) is 32.6 Å². The molecule has 1 aliphatic carbocycles. The first-order chi connectivity index (χ1) is 24.9. The van der Waals surface area contributed by atoms with Gasteiger partial charge in [0.2, 0.25) is 15.9 Å². The minimum Gasteiger partial charge on any atom is -0.487 e. The maximum Gasteiger partial charge on any atom is 0.264 e. The van der Waals surface area contributed by atoms with Gasteiger partial charge in [0.15, 0.2) is 0 Å². The first-order valence-electron chi connectivity index (χ1n) is 18.9. The van der Waals surface area contributed by atoms with E-state index < -0.39 is 26.8 Å². The second-order valence-electron chi connectivity index (χ2n) is 15.5. The van der Waals surface area contributed by atoms with E-state index in [-0.39, 0.29) is 35.8 Å². The van der Waals surface area contributed by atoms with Crippen LogP contribution in [0.4, 0.5) is 5.69 Å². The molecular formula is C39H55ClN4O7S. The first kappa shape index (κ1) is 38.8. The van der Waals surface area contributed by atoms with Crippen molar-refractivity contribution in [3.05, 3.63) is 58.1 Å². The lowest BCUT2D eigenvalue weighted by molar-refractivity contribution is -0.139. The number of ether oxygens (including phenoxy) is 2. The fraction of sp³-hybridized carbons (Fsp3) is 0.641. The maximum atomic E-state index is 13.6. The van der Waals surface area contributed by atoms with E-state index in [1.54, 1.807) is 25.1 Å². The minimum absolute atomic E-state index is 0.0190. The van der Waals surface area contributed by atoms with Crippen LogP contribution in [0.1, 0.15) is 80.3 Å². The fourth-order valence-corrected chi connectivity index (χ4v) is 10.1. The Kier molecular flexibility index (Phi) is 12.4. The van der Waals surface area contributed by atoms with E-state index in [2.05, 4.69) is 14.5 Å². The zero-order valence-corrected chi connectivity index (χ0v) is 32.4. The van der Waals surface area contributed by atoms with E-state index in [1.807, 2.05) is 30.0 Å². The topological polar surface area (TPSA) is 129 Å². The van der Waals surface area contributed by atoms with Crippen LogP contribution in [0.5, 0.6) is 5.75 Å². The van der Waals surface area contributed by atoms with Crippen LogP contribution in [0.2, 0.25) is 5.02 Å². The minimum atomic E-state index is -3.98. The summed E-state index contributed by atoms with van der Waals surface area (Å²) in [6.45, 7) is 8.38. The number of rotatable bonds is 4. The molecule has 2 fully saturated rings. The van der Waals surface area contributed by atoms with Gasteiger partial charge in [-0.3, -0.25) is 14.5 Å². The average Bonchev–Trinajstić information content (AvgIpc) is 3.12. The number of halogens is 1. The molecule has 2 N–H and O–H groups in total. The fourth-order valence-electron chi connectivity index (χ4n) is 8.55. The third kappa shape index (κ3) is 8.89. The summed E-state index contributed by atoms with van der Waals surface area (Å²) >= 11 is 6.38. The van der Waals surface area contributed by atoms with Gasteiger partial charge < -0.3 is 24.4 Å². The van der Waals surface area contributed by atoms with Crippen LogP contribution in [0.15, 0.2) is 36.4 Å². The van der Waals surface area contributed by atoms with Gasteiger partial charge in [0.05, 0.1) is 16.5 Å². The van der Waals surface area contributed by atoms with E-state index in [0.717, 1.165) is 48.9 Å². The number of benzene rings is 2. The van der Waals surface area contributed by atoms with Crippen molar-refractivity contribution in [2.75, 3.05) is 64.4 Å². The number of β-amino-alcohol motifs (C(OH)–C–C–N with tert-alkyl or cyclic N) is 1.